The maximum atomic E-state index is 9.96. The highest BCUT2D eigenvalue weighted by Crippen LogP contribution is 2.30. The number of benzene rings is 1. The third-order valence-corrected chi connectivity index (χ3v) is 2.36. The van der Waals surface area contributed by atoms with E-state index in [1.807, 2.05) is 19.1 Å². The minimum Gasteiger partial charge on any atom is -0.504 e. The first kappa shape index (κ1) is 11.3. The second-order valence-electron chi connectivity index (χ2n) is 3.54. The maximum absolute atomic E-state index is 9.96. The smallest absolute Gasteiger partial charge is 0.162 e. The molecule has 0 unspecified atom stereocenters. The molecule has 3 N–H and O–H groups in total. The summed E-state index contributed by atoms with van der Waals surface area (Å²) < 4.78 is 5.32. The lowest BCUT2D eigenvalue weighted by molar-refractivity contribution is 0.317. The van der Waals surface area contributed by atoms with Crippen LogP contribution in [0.3, 0.4) is 0 Å². The molecular formula is C12H15N3O2. The molecule has 5 heteroatoms. The Labute approximate surface area is 99.4 Å². The van der Waals surface area contributed by atoms with Crippen molar-refractivity contribution in [3.63, 3.8) is 0 Å². The van der Waals surface area contributed by atoms with E-state index in [0.29, 0.717) is 18.9 Å². The van der Waals surface area contributed by atoms with Gasteiger partial charge in [0.2, 0.25) is 0 Å². The Morgan fingerprint density at radius 3 is 3.06 bits per heavy atom. The molecule has 0 fully saturated rings. The fourth-order valence-corrected chi connectivity index (χ4v) is 1.53. The molecule has 1 heterocycles. The second kappa shape index (κ2) is 5.25. The summed E-state index contributed by atoms with van der Waals surface area (Å²) in [6, 6.07) is 5.46. The Balaban J connectivity index is 2.07. The van der Waals surface area contributed by atoms with Crippen molar-refractivity contribution in [2.24, 2.45) is 0 Å². The van der Waals surface area contributed by atoms with E-state index in [0.717, 1.165) is 11.3 Å². The minimum atomic E-state index is 0.186. The van der Waals surface area contributed by atoms with E-state index >= 15 is 0 Å². The van der Waals surface area contributed by atoms with Gasteiger partial charge in [-0.25, -0.2) is 0 Å². The molecule has 17 heavy (non-hydrogen) atoms. The fraction of sp³-hybridized carbons (Fsp3) is 0.250. The normalized spacial score (nSPS) is 10.2. The van der Waals surface area contributed by atoms with Gasteiger partial charge in [-0.05, 0) is 13.0 Å². The Morgan fingerprint density at radius 2 is 2.35 bits per heavy atom. The number of phenols is 1. The molecule has 0 aliphatic rings. The van der Waals surface area contributed by atoms with Crippen LogP contribution in [0.1, 0.15) is 12.5 Å². The summed E-state index contributed by atoms with van der Waals surface area (Å²) in [5, 5.41) is 19.6. The van der Waals surface area contributed by atoms with Gasteiger partial charge in [0.25, 0.3) is 0 Å². The summed E-state index contributed by atoms with van der Waals surface area (Å²) in [5.74, 6) is 0.698. The van der Waals surface area contributed by atoms with Gasteiger partial charge in [-0.15, -0.1) is 0 Å². The second-order valence-corrected chi connectivity index (χ2v) is 3.54. The molecule has 0 radical (unpaired) electrons. The number of aromatic amines is 1. The van der Waals surface area contributed by atoms with Crippen LogP contribution in [0.2, 0.25) is 0 Å². The number of hydrogen-bond donors (Lipinski definition) is 3. The van der Waals surface area contributed by atoms with Crippen LogP contribution in [0, 0.1) is 0 Å². The van der Waals surface area contributed by atoms with Gasteiger partial charge in [-0.3, -0.25) is 5.10 Å². The van der Waals surface area contributed by atoms with Crippen molar-refractivity contribution in [1.29, 1.82) is 0 Å². The number of nitrogens with one attached hydrogen (secondary N) is 2. The number of phenolic OH excluding ortho intramolecular Hbond substituents is 1. The van der Waals surface area contributed by atoms with E-state index in [9.17, 15) is 5.11 Å². The zero-order valence-corrected chi connectivity index (χ0v) is 9.60. The topological polar surface area (TPSA) is 70.2 Å². The van der Waals surface area contributed by atoms with Crippen molar-refractivity contribution in [3.05, 3.63) is 36.2 Å². The zero-order valence-electron chi connectivity index (χ0n) is 9.60. The zero-order chi connectivity index (χ0) is 12.1. The van der Waals surface area contributed by atoms with Gasteiger partial charge in [0.15, 0.2) is 11.5 Å². The van der Waals surface area contributed by atoms with Crippen LogP contribution >= 0.6 is 0 Å². The number of anilines is 1. The lowest BCUT2D eigenvalue weighted by Crippen LogP contribution is -2.00. The molecule has 90 valence electrons. The van der Waals surface area contributed by atoms with Crippen LogP contribution in [0.25, 0.3) is 0 Å². The minimum absolute atomic E-state index is 0.186. The third-order valence-electron chi connectivity index (χ3n) is 2.36. The molecule has 0 amide bonds. The number of H-pyrrole nitrogens is 1. The van der Waals surface area contributed by atoms with E-state index in [-0.39, 0.29) is 5.75 Å². The van der Waals surface area contributed by atoms with Crippen molar-refractivity contribution in [2.45, 2.75) is 13.5 Å². The molecule has 0 aliphatic carbocycles. The first-order chi connectivity index (χ1) is 8.31. The van der Waals surface area contributed by atoms with E-state index in [2.05, 4.69) is 15.5 Å². The lowest BCUT2D eigenvalue weighted by atomic mass is 10.2. The summed E-state index contributed by atoms with van der Waals surface area (Å²) in [5.41, 5.74) is 1.67. The van der Waals surface area contributed by atoms with Crippen LogP contribution in [-0.2, 0) is 6.54 Å². The van der Waals surface area contributed by atoms with Crippen molar-refractivity contribution >= 4 is 5.69 Å². The Kier molecular flexibility index (Phi) is 3.49. The Bertz CT molecular complexity index is 469. The molecule has 1 aromatic heterocycles. The van der Waals surface area contributed by atoms with Gasteiger partial charge in [0, 0.05) is 18.3 Å². The average molecular weight is 233 g/mol. The summed E-state index contributed by atoms with van der Waals surface area (Å²) in [6.07, 6.45) is 3.44. The summed E-state index contributed by atoms with van der Waals surface area (Å²) >= 11 is 0. The molecule has 1 aromatic carbocycles. The number of ether oxygens (including phenoxy) is 1. The van der Waals surface area contributed by atoms with E-state index in [1.54, 1.807) is 18.5 Å². The molecular weight excluding hydrogens is 218 g/mol. The first-order valence-electron chi connectivity index (χ1n) is 5.47. The predicted octanol–water partition coefficient (Wildman–Crippen LogP) is 2.13. The molecule has 0 atom stereocenters. The summed E-state index contributed by atoms with van der Waals surface area (Å²) in [7, 11) is 0. The Morgan fingerprint density at radius 1 is 1.47 bits per heavy atom. The van der Waals surface area contributed by atoms with E-state index in [4.69, 9.17) is 4.74 Å². The lowest BCUT2D eigenvalue weighted by Gasteiger charge is -2.10. The molecule has 2 rings (SSSR count). The average Bonchev–Trinajstić information content (AvgIpc) is 2.83. The van der Waals surface area contributed by atoms with Crippen LogP contribution in [0.4, 0.5) is 5.69 Å². The van der Waals surface area contributed by atoms with Gasteiger partial charge in [0.05, 0.1) is 18.5 Å². The van der Waals surface area contributed by atoms with Crippen molar-refractivity contribution in [2.75, 3.05) is 11.9 Å². The number of nitrogens with zero attached hydrogens (tertiary/aromatic N) is 1. The van der Waals surface area contributed by atoms with Gasteiger partial charge in [0.1, 0.15) is 0 Å². The SMILES string of the molecule is CCOc1cccc(CNc2cn[nH]c2)c1O. The predicted molar refractivity (Wildman–Crippen MR) is 65.2 cm³/mol. The standard InChI is InChI=1S/C12H15N3O2/c1-2-17-11-5-3-4-9(12(11)16)6-13-10-7-14-15-8-10/h3-5,7-8,13,16H,2,6H2,1H3,(H,14,15). The number of para-hydroxylation sites is 1. The van der Waals surface area contributed by atoms with Crippen molar-refractivity contribution < 1.29 is 9.84 Å². The number of rotatable bonds is 5. The van der Waals surface area contributed by atoms with Gasteiger partial charge in [-0.1, -0.05) is 12.1 Å². The highest BCUT2D eigenvalue weighted by molar-refractivity contribution is 5.48. The van der Waals surface area contributed by atoms with Crippen molar-refractivity contribution in [1.82, 2.24) is 10.2 Å². The quantitative estimate of drug-likeness (QED) is 0.739. The molecule has 0 bridgehead atoms. The van der Waals surface area contributed by atoms with Gasteiger partial charge >= 0.3 is 0 Å². The largest absolute Gasteiger partial charge is 0.504 e. The molecule has 0 saturated carbocycles. The molecule has 5 nitrogen and oxygen atoms in total. The van der Waals surface area contributed by atoms with Crippen LogP contribution in [0.5, 0.6) is 11.5 Å². The molecule has 2 aromatic rings. The van der Waals surface area contributed by atoms with Crippen molar-refractivity contribution in [3.8, 4) is 11.5 Å². The number of aromatic nitrogens is 2. The van der Waals surface area contributed by atoms with Gasteiger partial charge in [-0.2, -0.15) is 5.10 Å². The Hall–Kier alpha value is -2.17. The monoisotopic (exact) mass is 233 g/mol. The molecule has 0 spiro atoms. The third kappa shape index (κ3) is 2.69. The van der Waals surface area contributed by atoms with Gasteiger partial charge < -0.3 is 15.2 Å². The first-order valence-corrected chi connectivity index (χ1v) is 5.47. The van der Waals surface area contributed by atoms with Crippen LogP contribution < -0.4 is 10.1 Å². The molecule has 0 aliphatic heterocycles. The number of hydrogen-bond acceptors (Lipinski definition) is 4. The van der Waals surface area contributed by atoms with E-state index < -0.39 is 0 Å². The fourth-order valence-electron chi connectivity index (χ4n) is 1.53. The highest BCUT2D eigenvalue weighted by atomic mass is 16.5. The summed E-state index contributed by atoms with van der Waals surface area (Å²) in [4.78, 5) is 0. The van der Waals surface area contributed by atoms with Crippen LogP contribution in [0.15, 0.2) is 30.6 Å². The van der Waals surface area contributed by atoms with E-state index in [1.165, 1.54) is 0 Å². The number of aromatic hydroxyl groups is 1. The maximum Gasteiger partial charge on any atom is 0.162 e. The summed E-state index contributed by atoms with van der Waals surface area (Å²) in [6.45, 7) is 2.94. The van der Waals surface area contributed by atoms with Crippen LogP contribution in [-0.4, -0.2) is 21.9 Å². The molecule has 0 saturated heterocycles. The highest BCUT2D eigenvalue weighted by Gasteiger charge is 2.07.